The van der Waals surface area contributed by atoms with Crippen LogP contribution < -0.4 is 5.32 Å². The first-order valence-corrected chi connectivity index (χ1v) is 8.93. The molecular weight excluding hydrogens is 358 g/mol. The van der Waals surface area contributed by atoms with Crippen LogP contribution in [0.2, 0.25) is 0 Å². The summed E-state index contributed by atoms with van der Waals surface area (Å²) in [6.45, 7) is 2.08. The zero-order chi connectivity index (χ0) is 18.5. The van der Waals surface area contributed by atoms with Gasteiger partial charge in [0.05, 0.1) is 11.4 Å². The number of H-pyrrole nitrogens is 1. The number of halogens is 2. The highest BCUT2D eigenvalue weighted by Crippen LogP contribution is 2.21. The summed E-state index contributed by atoms with van der Waals surface area (Å²) >= 11 is 1.12. The number of nitrogens with one attached hydrogen (secondary N) is 2. The number of benzene rings is 2. The fourth-order valence-electron chi connectivity index (χ4n) is 2.25. The number of aryl methyl sites for hydroxylation is 1. The average Bonchev–Trinajstić information content (AvgIpc) is 3.12. The second-order valence-electron chi connectivity index (χ2n) is 5.49. The molecule has 1 heterocycles. The van der Waals surface area contributed by atoms with E-state index in [4.69, 9.17) is 0 Å². The first-order valence-electron chi connectivity index (χ1n) is 7.95. The van der Waals surface area contributed by atoms with Crippen molar-refractivity contribution in [3.63, 3.8) is 0 Å². The fourth-order valence-corrected chi connectivity index (χ4v) is 2.86. The Labute approximate surface area is 153 Å². The monoisotopic (exact) mass is 374 g/mol. The Morgan fingerprint density at radius 3 is 2.65 bits per heavy atom. The van der Waals surface area contributed by atoms with Gasteiger partial charge in [-0.15, -0.1) is 10.2 Å². The summed E-state index contributed by atoms with van der Waals surface area (Å²) in [6.07, 6.45) is 0.957. The maximum Gasteiger partial charge on any atom is 0.234 e. The SMILES string of the molecule is CCc1ccc(-c2nnc(SCC(=O)Nc3cc(F)ccc3F)[nH]2)cc1. The number of thioether (sulfide) groups is 1. The molecule has 0 spiro atoms. The summed E-state index contributed by atoms with van der Waals surface area (Å²) in [5.41, 5.74) is 1.93. The van der Waals surface area contributed by atoms with Crippen molar-refractivity contribution in [1.29, 1.82) is 0 Å². The third-order valence-corrected chi connectivity index (χ3v) is 4.51. The van der Waals surface area contributed by atoms with Crippen molar-refractivity contribution in [2.45, 2.75) is 18.5 Å². The summed E-state index contributed by atoms with van der Waals surface area (Å²) in [7, 11) is 0. The second-order valence-corrected chi connectivity index (χ2v) is 6.45. The highest BCUT2D eigenvalue weighted by molar-refractivity contribution is 7.99. The van der Waals surface area contributed by atoms with Gasteiger partial charge in [-0.3, -0.25) is 4.79 Å². The van der Waals surface area contributed by atoms with Gasteiger partial charge >= 0.3 is 0 Å². The van der Waals surface area contributed by atoms with E-state index < -0.39 is 17.5 Å². The lowest BCUT2D eigenvalue weighted by molar-refractivity contribution is -0.113. The van der Waals surface area contributed by atoms with Gasteiger partial charge < -0.3 is 10.3 Å². The van der Waals surface area contributed by atoms with Crippen LogP contribution in [0, 0.1) is 11.6 Å². The van der Waals surface area contributed by atoms with Gasteiger partial charge in [0.1, 0.15) is 11.6 Å². The maximum atomic E-state index is 13.5. The number of hydrogen-bond donors (Lipinski definition) is 2. The molecular formula is C18H16F2N4OS. The van der Waals surface area contributed by atoms with E-state index in [1.807, 2.05) is 24.3 Å². The highest BCUT2D eigenvalue weighted by Gasteiger charge is 2.11. The van der Waals surface area contributed by atoms with E-state index in [2.05, 4.69) is 27.4 Å². The van der Waals surface area contributed by atoms with Gasteiger partial charge in [-0.05, 0) is 24.1 Å². The van der Waals surface area contributed by atoms with Crippen LogP contribution in [0.4, 0.5) is 14.5 Å². The van der Waals surface area contributed by atoms with Crippen LogP contribution in [0.3, 0.4) is 0 Å². The highest BCUT2D eigenvalue weighted by atomic mass is 32.2. The van der Waals surface area contributed by atoms with Crippen LogP contribution >= 0.6 is 11.8 Å². The van der Waals surface area contributed by atoms with Gasteiger partial charge in [0.25, 0.3) is 0 Å². The zero-order valence-electron chi connectivity index (χ0n) is 13.9. The minimum atomic E-state index is -0.692. The molecule has 0 fully saturated rings. The van der Waals surface area contributed by atoms with E-state index in [0.717, 1.165) is 41.9 Å². The third kappa shape index (κ3) is 4.45. The average molecular weight is 374 g/mol. The molecule has 8 heteroatoms. The summed E-state index contributed by atoms with van der Waals surface area (Å²) in [5.74, 6) is -1.19. The first-order chi connectivity index (χ1) is 12.5. The third-order valence-electron chi connectivity index (χ3n) is 3.64. The molecule has 1 amide bonds. The Morgan fingerprint density at radius 1 is 1.15 bits per heavy atom. The molecule has 134 valence electrons. The Bertz CT molecular complexity index is 912. The molecule has 0 aliphatic heterocycles. The number of carbonyl (C=O) groups is 1. The summed E-state index contributed by atoms with van der Waals surface area (Å²) < 4.78 is 26.6. The summed E-state index contributed by atoms with van der Waals surface area (Å²) in [6, 6.07) is 10.8. The van der Waals surface area contributed by atoms with E-state index >= 15 is 0 Å². The molecule has 0 aliphatic rings. The Hall–Kier alpha value is -2.74. The lowest BCUT2D eigenvalue weighted by atomic mass is 10.1. The van der Waals surface area contributed by atoms with Crippen molar-refractivity contribution in [2.75, 3.05) is 11.1 Å². The van der Waals surface area contributed by atoms with Crippen molar-refractivity contribution >= 4 is 23.4 Å². The Balaban J connectivity index is 1.58. The van der Waals surface area contributed by atoms with Crippen molar-refractivity contribution < 1.29 is 13.6 Å². The quantitative estimate of drug-likeness (QED) is 0.639. The van der Waals surface area contributed by atoms with Crippen LogP contribution in [0.1, 0.15) is 12.5 Å². The minimum Gasteiger partial charge on any atom is -0.323 e. The smallest absolute Gasteiger partial charge is 0.234 e. The topological polar surface area (TPSA) is 70.7 Å². The van der Waals surface area contributed by atoms with Crippen molar-refractivity contribution in [3.05, 3.63) is 59.7 Å². The molecule has 0 aliphatic carbocycles. The first kappa shape index (κ1) is 18.1. The molecule has 0 unspecified atom stereocenters. The maximum absolute atomic E-state index is 13.5. The standard InChI is InChI=1S/C18H16F2N4OS/c1-2-11-3-5-12(6-4-11)17-22-18(24-23-17)26-10-16(25)21-15-9-13(19)7-8-14(15)20/h3-9H,2,10H2,1H3,(H,21,25)(H,22,23,24). The summed E-state index contributed by atoms with van der Waals surface area (Å²) in [5, 5.41) is 10.9. The number of nitrogens with zero attached hydrogens (tertiary/aromatic N) is 2. The van der Waals surface area contributed by atoms with Crippen molar-refractivity contribution in [3.8, 4) is 11.4 Å². The molecule has 2 N–H and O–H groups in total. The van der Waals surface area contributed by atoms with Gasteiger partial charge in [0.15, 0.2) is 11.0 Å². The Morgan fingerprint density at radius 2 is 1.92 bits per heavy atom. The molecule has 0 bridgehead atoms. The normalized spacial score (nSPS) is 10.7. The minimum absolute atomic E-state index is 0.0145. The fraction of sp³-hybridized carbons (Fsp3) is 0.167. The van der Waals surface area contributed by atoms with Gasteiger partial charge in [0, 0.05) is 11.6 Å². The molecule has 2 aromatic carbocycles. The molecule has 0 saturated heterocycles. The number of anilines is 1. The lowest BCUT2D eigenvalue weighted by Crippen LogP contribution is -2.15. The van der Waals surface area contributed by atoms with E-state index in [9.17, 15) is 13.6 Å². The number of carbonyl (C=O) groups excluding carboxylic acids is 1. The van der Waals surface area contributed by atoms with Crippen molar-refractivity contribution in [1.82, 2.24) is 15.2 Å². The molecule has 0 atom stereocenters. The molecule has 0 saturated carbocycles. The van der Waals surface area contributed by atoms with Crippen LogP contribution in [-0.4, -0.2) is 26.8 Å². The van der Waals surface area contributed by atoms with E-state index in [-0.39, 0.29) is 11.4 Å². The summed E-state index contributed by atoms with van der Waals surface area (Å²) in [4.78, 5) is 14.9. The lowest BCUT2D eigenvalue weighted by Gasteiger charge is -2.05. The number of rotatable bonds is 6. The van der Waals surface area contributed by atoms with Gasteiger partial charge in [-0.25, -0.2) is 8.78 Å². The Kier molecular flexibility index (Phi) is 5.62. The molecule has 26 heavy (non-hydrogen) atoms. The van der Waals surface area contributed by atoms with E-state index in [1.165, 1.54) is 5.56 Å². The number of hydrogen-bond acceptors (Lipinski definition) is 4. The molecule has 3 rings (SSSR count). The predicted molar refractivity (Wildman–Crippen MR) is 96.9 cm³/mol. The molecule has 0 radical (unpaired) electrons. The van der Waals surface area contributed by atoms with Gasteiger partial charge in [-0.2, -0.15) is 0 Å². The largest absolute Gasteiger partial charge is 0.323 e. The van der Waals surface area contributed by atoms with Crippen LogP contribution in [-0.2, 0) is 11.2 Å². The van der Waals surface area contributed by atoms with E-state index in [1.54, 1.807) is 0 Å². The van der Waals surface area contributed by atoms with E-state index in [0.29, 0.717) is 11.0 Å². The molecule has 5 nitrogen and oxygen atoms in total. The zero-order valence-corrected chi connectivity index (χ0v) is 14.7. The second kappa shape index (κ2) is 8.09. The van der Waals surface area contributed by atoms with Crippen molar-refractivity contribution in [2.24, 2.45) is 0 Å². The van der Waals surface area contributed by atoms with Gasteiger partial charge in [-0.1, -0.05) is 43.0 Å². The molecule has 3 aromatic rings. The number of aromatic nitrogens is 3. The number of aromatic amines is 1. The molecule has 1 aromatic heterocycles. The van der Waals surface area contributed by atoms with Crippen LogP contribution in [0.5, 0.6) is 0 Å². The number of amides is 1. The van der Waals surface area contributed by atoms with Gasteiger partial charge in [0.2, 0.25) is 5.91 Å². The van der Waals surface area contributed by atoms with Crippen LogP contribution in [0.25, 0.3) is 11.4 Å². The van der Waals surface area contributed by atoms with Crippen LogP contribution in [0.15, 0.2) is 47.6 Å². The predicted octanol–water partition coefficient (Wildman–Crippen LogP) is 4.04.